The summed E-state index contributed by atoms with van der Waals surface area (Å²) < 4.78 is 32.7. The van der Waals surface area contributed by atoms with Gasteiger partial charge in [-0.05, 0) is 59.3 Å². The summed E-state index contributed by atoms with van der Waals surface area (Å²) in [6.07, 6.45) is 1.44. The molecule has 0 aliphatic heterocycles. The Labute approximate surface area is 126 Å². The van der Waals surface area contributed by atoms with Crippen LogP contribution >= 0.6 is 15.9 Å². The number of sulfonamides is 1. The molecular formula is C13H13BrN2O3S. The van der Waals surface area contributed by atoms with Crippen molar-refractivity contribution in [3.05, 3.63) is 47.2 Å². The Morgan fingerprint density at radius 2 is 1.90 bits per heavy atom. The number of nitrogens with one attached hydrogen (secondary N) is 1. The zero-order chi connectivity index (χ0) is 14.6. The van der Waals surface area contributed by atoms with Crippen LogP contribution in [0.1, 0.15) is 6.92 Å². The first-order chi connectivity index (χ1) is 9.51. The van der Waals surface area contributed by atoms with Crippen LogP contribution in [-0.4, -0.2) is 20.0 Å². The molecule has 5 nitrogen and oxygen atoms in total. The molecule has 2 rings (SSSR count). The second-order valence-corrected chi connectivity index (χ2v) is 6.37. The standard InChI is InChI=1S/C13H13BrN2O3S/c1-2-19-11-4-6-12(7-5-11)20(17,18)16-10-3-8-13(14)15-9-10/h3-9,16H,2H2,1H3. The van der Waals surface area contributed by atoms with Gasteiger partial charge in [-0.2, -0.15) is 0 Å². The predicted octanol–water partition coefficient (Wildman–Crippen LogP) is 3.04. The Hall–Kier alpha value is -1.60. The fraction of sp³-hybridized carbons (Fsp3) is 0.154. The van der Waals surface area contributed by atoms with Crippen LogP contribution in [0.4, 0.5) is 5.69 Å². The molecule has 0 saturated heterocycles. The van der Waals surface area contributed by atoms with Gasteiger partial charge in [0.1, 0.15) is 10.4 Å². The summed E-state index contributed by atoms with van der Waals surface area (Å²) in [6, 6.07) is 9.54. The first kappa shape index (κ1) is 14.8. The molecule has 20 heavy (non-hydrogen) atoms. The van der Waals surface area contributed by atoms with Crippen LogP contribution in [0.3, 0.4) is 0 Å². The fourth-order valence-electron chi connectivity index (χ4n) is 1.53. The van der Waals surface area contributed by atoms with Crippen molar-refractivity contribution < 1.29 is 13.2 Å². The van der Waals surface area contributed by atoms with Gasteiger partial charge < -0.3 is 4.74 Å². The average molecular weight is 357 g/mol. The number of nitrogens with zero attached hydrogens (tertiary/aromatic N) is 1. The van der Waals surface area contributed by atoms with E-state index < -0.39 is 10.0 Å². The van der Waals surface area contributed by atoms with E-state index in [2.05, 4.69) is 25.6 Å². The molecular weight excluding hydrogens is 344 g/mol. The maximum Gasteiger partial charge on any atom is 0.261 e. The molecule has 2 aromatic rings. The second kappa shape index (κ2) is 6.23. The molecule has 0 saturated carbocycles. The first-order valence-electron chi connectivity index (χ1n) is 5.88. The summed E-state index contributed by atoms with van der Waals surface area (Å²) in [5, 5.41) is 0. The topological polar surface area (TPSA) is 68.3 Å². The normalized spacial score (nSPS) is 11.1. The van der Waals surface area contributed by atoms with Crippen LogP contribution in [0.2, 0.25) is 0 Å². The smallest absolute Gasteiger partial charge is 0.261 e. The molecule has 1 aromatic heterocycles. The summed E-state index contributed by atoms with van der Waals surface area (Å²) >= 11 is 3.19. The van der Waals surface area contributed by atoms with Crippen molar-refractivity contribution in [3.63, 3.8) is 0 Å². The number of hydrogen-bond donors (Lipinski definition) is 1. The maximum atomic E-state index is 12.2. The average Bonchev–Trinajstić information content (AvgIpc) is 2.42. The molecule has 7 heteroatoms. The van der Waals surface area contributed by atoms with Gasteiger partial charge in [-0.1, -0.05) is 0 Å². The van der Waals surface area contributed by atoms with Crippen molar-refractivity contribution >= 4 is 31.6 Å². The molecule has 0 spiro atoms. The third kappa shape index (κ3) is 3.71. The highest BCUT2D eigenvalue weighted by atomic mass is 79.9. The van der Waals surface area contributed by atoms with E-state index in [9.17, 15) is 8.42 Å². The monoisotopic (exact) mass is 356 g/mol. The SMILES string of the molecule is CCOc1ccc(S(=O)(=O)Nc2ccc(Br)nc2)cc1. The van der Waals surface area contributed by atoms with Crippen LogP contribution in [0.5, 0.6) is 5.75 Å². The van der Waals surface area contributed by atoms with Gasteiger partial charge in [0.25, 0.3) is 10.0 Å². The summed E-state index contributed by atoms with van der Waals surface area (Å²) in [6.45, 7) is 2.40. The quantitative estimate of drug-likeness (QED) is 0.836. The Morgan fingerprint density at radius 1 is 1.20 bits per heavy atom. The van der Waals surface area contributed by atoms with Crippen LogP contribution in [0.25, 0.3) is 0 Å². The number of anilines is 1. The van der Waals surface area contributed by atoms with Gasteiger partial charge in [0.05, 0.1) is 23.4 Å². The molecule has 106 valence electrons. The van der Waals surface area contributed by atoms with Gasteiger partial charge in [-0.3, -0.25) is 4.72 Å². The Morgan fingerprint density at radius 3 is 2.45 bits per heavy atom. The Balaban J connectivity index is 2.19. The highest BCUT2D eigenvalue weighted by molar-refractivity contribution is 9.10. The van der Waals surface area contributed by atoms with Gasteiger partial charge >= 0.3 is 0 Å². The molecule has 0 radical (unpaired) electrons. The molecule has 0 amide bonds. The van der Waals surface area contributed by atoms with E-state index in [0.717, 1.165) is 0 Å². The van der Waals surface area contributed by atoms with E-state index in [0.29, 0.717) is 22.6 Å². The second-order valence-electron chi connectivity index (χ2n) is 3.88. The van der Waals surface area contributed by atoms with E-state index in [1.54, 1.807) is 24.3 Å². The predicted molar refractivity (Wildman–Crippen MR) is 80.4 cm³/mol. The molecule has 1 heterocycles. The number of benzene rings is 1. The van der Waals surface area contributed by atoms with E-state index in [1.165, 1.54) is 18.3 Å². The summed E-state index contributed by atoms with van der Waals surface area (Å²) in [7, 11) is -3.62. The van der Waals surface area contributed by atoms with Crippen molar-refractivity contribution in [3.8, 4) is 5.75 Å². The lowest BCUT2D eigenvalue weighted by Gasteiger charge is -2.08. The minimum Gasteiger partial charge on any atom is -0.494 e. The van der Waals surface area contributed by atoms with E-state index >= 15 is 0 Å². The molecule has 1 aromatic carbocycles. The van der Waals surface area contributed by atoms with E-state index in [4.69, 9.17) is 4.74 Å². The molecule has 0 fully saturated rings. The van der Waals surface area contributed by atoms with Crippen molar-refractivity contribution in [1.29, 1.82) is 0 Å². The zero-order valence-corrected chi connectivity index (χ0v) is 13.1. The van der Waals surface area contributed by atoms with E-state index in [1.807, 2.05) is 6.92 Å². The van der Waals surface area contributed by atoms with Crippen molar-refractivity contribution in [2.45, 2.75) is 11.8 Å². The van der Waals surface area contributed by atoms with Crippen molar-refractivity contribution in [1.82, 2.24) is 4.98 Å². The van der Waals surface area contributed by atoms with E-state index in [-0.39, 0.29) is 4.90 Å². The lowest BCUT2D eigenvalue weighted by atomic mass is 10.3. The highest BCUT2D eigenvalue weighted by Gasteiger charge is 2.14. The highest BCUT2D eigenvalue weighted by Crippen LogP contribution is 2.19. The summed E-state index contributed by atoms with van der Waals surface area (Å²) in [5.41, 5.74) is 0.405. The van der Waals surface area contributed by atoms with Gasteiger partial charge in [0.15, 0.2) is 0 Å². The molecule has 0 aliphatic carbocycles. The summed E-state index contributed by atoms with van der Waals surface area (Å²) in [5.74, 6) is 0.636. The third-order valence-corrected chi connectivity index (χ3v) is 4.29. The van der Waals surface area contributed by atoms with Crippen LogP contribution < -0.4 is 9.46 Å². The van der Waals surface area contributed by atoms with Crippen LogP contribution in [0.15, 0.2) is 52.1 Å². The number of halogens is 1. The minimum absolute atomic E-state index is 0.170. The Bertz CT molecular complexity index is 670. The van der Waals surface area contributed by atoms with Crippen LogP contribution in [0, 0.1) is 0 Å². The minimum atomic E-state index is -3.62. The van der Waals surface area contributed by atoms with Gasteiger partial charge in [0, 0.05) is 0 Å². The van der Waals surface area contributed by atoms with Gasteiger partial charge in [0.2, 0.25) is 0 Å². The maximum absolute atomic E-state index is 12.2. The Kier molecular flexibility index (Phi) is 4.61. The first-order valence-corrected chi connectivity index (χ1v) is 8.16. The van der Waals surface area contributed by atoms with Gasteiger partial charge in [-0.15, -0.1) is 0 Å². The van der Waals surface area contributed by atoms with Crippen molar-refractivity contribution in [2.75, 3.05) is 11.3 Å². The molecule has 1 N–H and O–H groups in total. The lowest BCUT2D eigenvalue weighted by Crippen LogP contribution is -2.13. The van der Waals surface area contributed by atoms with Crippen LogP contribution in [-0.2, 0) is 10.0 Å². The number of pyridine rings is 1. The van der Waals surface area contributed by atoms with Crippen molar-refractivity contribution in [2.24, 2.45) is 0 Å². The van der Waals surface area contributed by atoms with Gasteiger partial charge in [-0.25, -0.2) is 13.4 Å². The molecule has 0 unspecified atom stereocenters. The third-order valence-electron chi connectivity index (χ3n) is 2.42. The number of hydrogen-bond acceptors (Lipinski definition) is 4. The molecule has 0 aliphatic rings. The number of aromatic nitrogens is 1. The molecule has 0 atom stereocenters. The zero-order valence-electron chi connectivity index (χ0n) is 10.7. The number of rotatable bonds is 5. The largest absolute Gasteiger partial charge is 0.494 e. The number of ether oxygens (including phenoxy) is 1. The lowest BCUT2D eigenvalue weighted by molar-refractivity contribution is 0.340. The fourth-order valence-corrected chi connectivity index (χ4v) is 2.81. The molecule has 0 bridgehead atoms. The summed E-state index contributed by atoms with van der Waals surface area (Å²) in [4.78, 5) is 4.14.